The molecule has 1 unspecified atom stereocenters. The highest BCUT2D eigenvalue weighted by Gasteiger charge is 2.24. The largest absolute Gasteiger partial charge is 0.391 e. The molecule has 0 bridgehead atoms. The van der Waals surface area contributed by atoms with Crippen molar-refractivity contribution in [3.05, 3.63) is 34.3 Å². The summed E-state index contributed by atoms with van der Waals surface area (Å²) in [4.78, 5) is 13.6. The maximum Gasteiger partial charge on any atom is 0.227 e. The number of likely N-dealkylation sites (tertiary alicyclic amines) is 1. The van der Waals surface area contributed by atoms with Crippen LogP contribution in [-0.2, 0) is 11.2 Å². The van der Waals surface area contributed by atoms with E-state index >= 15 is 0 Å². The molecule has 0 spiro atoms. The summed E-state index contributed by atoms with van der Waals surface area (Å²) in [6, 6.07) is 7.74. The number of carbonyl (C=O) groups is 1. The number of amides is 1. The number of hydrogen-bond acceptors (Lipinski definition) is 2. The molecule has 1 amide bonds. The van der Waals surface area contributed by atoms with Crippen molar-refractivity contribution in [1.29, 1.82) is 0 Å². The van der Waals surface area contributed by atoms with Crippen LogP contribution in [0.3, 0.4) is 0 Å². The van der Waals surface area contributed by atoms with Crippen LogP contribution in [0.15, 0.2) is 28.7 Å². The first-order valence-corrected chi connectivity index (χ1v) is 6.15. The predicted molar refractivity (Wildman–Crippen MR) is 65.0 cm³/mol. The second kappa shape index (κ2) is 4.97. The van der Waals surface area contributed by atoms with Crippen molar-refractivity contribution in [2.75, 3.05) is 13.1 Å². The fourth-order valence-electron chi connectivity index (χ4n) is 1.86. The van der Waals surface area contributed by atoms with Crippen LogP contribution in [0.25, 0.3) is 0 Å². The SMILES string of the molecule is O=C(Cc1ccc(Br)cc1)N1CCC(O)C1. The number of nitrogens with zero attached hydrogens (tertiary/aromatic N) is 1. The summed E-state index contributed by atoms with van der Waals surface area (Å²) < 4.78 is 1.01. The zero-order valence-electron chi connectivity index (χ0n) is 8.90. The van der Waals surface area contributed by atoms with Crippen LogP contribution in [-0.4, -0.2) is 35.1 Å². The van der Waals surface area contributed by atoms with Crippen molar-refractivity contribution in [2.45, 2.75) is 18.9 Å². The minimum Gasteiger partial charge on any atom is -0.391 e. The quantitative estimate of drug-likeness (QED) is 0.896. The Hall–Kier alpha value is -0.870. The lowest BCUT2D eigenvalue weighted by Gasteiger charge is -2.15. The summed E-state index contributed by atoms with van der Waals surface area (Å²) in [5, 5.41) is 9.35. The topological polar surface area (TPSA) is 40.5 Å². The van der Waals surface area contributed by atoms with Crippen molar-refractivity contribution in [3.63, 3.8) is 0 Å². The van der Waals surface area contributed by atoms with Crippen molar-refractivity contribution < 1.29 is 9.90 Å². The normalized spacial score (nSPS) is 20.1. The first-order chi connectivity index (χ1) is 7.65. The van der Waals surface area contributed by atoms with E-state index in [9.17, 15) is 9.90 Å². The lowest BCUT2D eigenvalue weighted by molar-refractivity contribution is -0.129. The molecule has 16 heavy (non-hydrogen) atoms. The van der Waals surface area contributed by atoms with Crippen molar-refractivity contribution >= 4 is 21.8 Å². The highest BCUT2D eigenvalue weighted by Crippen LogP contribution is 2.14. The molecule has 0 aromatic heterocycles. The number of rotatable bonds is 2. The maximum atomic E-state index is 11.8. The van der Waals surface area contributed by atoms with E-state index in [1.165, 1.54) is 0 Å². The minimum atomic E-state index is -0.339. The lowest BCUT2D eigenvalue weighted by atomic mass is 10.1. The fourth-order valence-corrected chi connectivity index (χ4v) is 2.12. The van der Waals surface area contributed by atoms with Gasteiger partial charge in [0.2, 0.25) is 5.91 Å². The van der Waals surface area contributed by atoms with E-state index in [1.807, 2.05) is 24.3 Å². The lowest BCUT2D eigenvalue weighted by Crippen LogP contribution is -2.30. The average molecular weight is 284 g/mol. The fraction of sp³-hybridized carbons (Fsp3) is 0.417. The van der Waals surface area contributed by atoms with Gasteiger partial charge in [-0.25, -0.2) is 0 Å². The summed E-state index contributed by atoms with van der Waals surface area (Å²) in [7, 11) is 0. The minimum absolute atomic E-state index is 0.0962. The molecule has 3 nitrogen and oxygen atoms in total. The van der Waals surface area contributed by atoms with E-state index in [-0.39, 0.29) is 12.0 Å². The number of hydrogen-bond donors (Lipinski definition) is 1. The first-order valence-electron chi connectivity index (χ1n) is 5.35. The van der Waals surface area contributed by atoms with Gasteiger partial charge >= 0.3 is 0 Å². The van der Waals surface area contributed by atoms with Crippen molar-refractivity contribution in [1.82, 2.24) is 4.90 Å². The highest BCUT2D eigenvalue weighted by atomic mass is 79.9. The third-order valence-corrected chi connectivity index (χ3v) is 3.31. The van der Waals surface area contributed by atoms with Gasteiger partial charge in [-0.15, -0.1) is 0 Å². The molecule has 2 rings (SSSR count). The number of benzene rings is 1. The molecule has 1 N–H and O–H groups in total. The van der Waals surface area contributed by atoms with E-state index in [1.54, 1.807) is 4.90 Å². The Bertz CT molecular complexity index is 377. The van der Waals surface area contributed by atoms with Crippen LogP contribution in [0.1, 0.15) is 12.0 Å². The van der Waals surface area contributed by atoms with E-state index in [0.29, 0.717) is 25.9 Å². The average Bonchev–Trinajstić information content (AvgIpc) is 2.68. The smallest absolute Gasteiger partial charge is 0.227 e. The molecule has 1 heterocycles. The van der Waals surface area contributed by atoms with Crippen LogP contribution in [0.2, 0.25) is 0 Å². The molecular weight excluding hydrogens is 270 g/mol. The van der Waals surface area contributed by atoms with Gasteiger partial charge < -0.3 is 10.0 Å². The molecule has 86 valence electrons. The zero-order valence-corrected chi connectivity index (χ0v) is 10.5. The molecular formula is C12H14BrNO2. The molecule has 0 aliphatic carbocycles. The molecule has 0 radical (unpaired) electrons. The van der Waals surface area contributed by atoms with Crippen LogP contribution in [0, 0.1) is 0 Å². The van der Waals surface area contributed by atoms with Gasteiger partial charge in [-0.05, 0) is 24.1 Å². The third kappa shape index (κ3) is 2.83. The van der Waals surface area contributed by atoms with E-state index in [4.69, 9.17) is 0 Å². The molecule has 1 aromatic rings. The molecule has 1 saturated heterocycles. The second-order valence-electron chi connectivity index (χ2n) is 4.09. The Morgan fingerprint density at radius 1 is 1.44 bits per heavy atom. The molecule has 1 fully saturated rings. The van der Waals surface area contributed by atoms with Crippen LogP contribution < -0.4 is 0 Å². The molecule has 1 atom stereocenters. The van der Waals surface area contributed by atoms with Crippen molar-refractivity contribution in [2.24, 2.45) is 0 Å². The number of aliphatic hydroxyl groups is 1. The van der Waals surface area contributed by atoms with Crippen LogP contribution in [0.4, 0.5) is 0 Å². The van der Waals surface area contributed by atoms with Gasteiger partial charge in [0.15, 0.2) is 0 Å². The van der Waals surface area contributed by atoms with E-state index in [0.717, 1.165) is 10.0 Å². The van der Waals surface area contributed by atoms with E-state index < -0.39 is 0 Å². The van der Waals surface area contributed by atoms with Gasteiger partial charge in [-0.1, -0.05) is 28.1 Å². The zero-order chi connectivity index (χ0) is 11.5. The van der Waals surface area contributed by atoms with Gasteiger partial charge in [0.05, 0.1) is 12.5 Å². The van der Waals surface area contributed by atoms with Gasteiger partial charge in [0, 0.05) is 17.6 Å². The van der Waals surface area contributed by atoms with Crippen LogP contribution >= 0.6 is 15.9 Å². The Morgan fingerprint density at radius 3 is 2.69 bits per heavy atom. The van der Waals surface area contributed by atoms with E-state index in [2.05, 4.69) is 15.9 Å². The Balaban J connectivity index is 1.94. The number of aliphatic hydroxyl groups excluding tert-OH is 1. The maximum absolute atomic E-state index is 11.8. The van der Waals surface area contributed by atoms with Gasteiger partial charge in [-0.2, -0.15) is 0 Å². The standard InChI is InChI=1S/C12H14BrNO2/c13-10-3-1-9(2-4-10)7-12(16)14-6-5-11(15)8-14/h1-4,11,15H,5-8H2. The Morgan fingerprint density at radius 2 is 2.12 bits per heavy atom. The van der Waals surface area contributed by atoms with Gasteiger partial charge in [0.25, 0.3) is 0 Å². The summed E-state index contributed by atoms with van der Waals surface area (Å²) in [5.41, 5.74) is 1.01. The van der Waals surface area contributed by atoms with Crippen molar-refractivity contribution in [3.8, 4) is 0 Å². The third-order valence-electron chi connectivity index (χ3n) is 2.78. The number of halogens is 1. The molecule has 1 aliphatic heterocycles. The highest BCUT2D eigenvalue weighted by molar-refractivity contribution is 9.10. The Labute approximate surface area is 103 Å². The van der Waals surface area contributed by atoms with Crippen LogP contribution in [0.5, 0.6) is 0 Å². The summed E-state index contributed by atoms with van der Waals surface area (Å²) in [6.45, 7) is 1.16. The number of β-amino-alcohol motifs (C(OH)–C–C–N with tert-alkyl or cyclic N) is 1. The molecule has 1 aliphatic rings. The molecule has 0 saturated carbocycles. The van der Waals surface area contributed by atoms with Gasteiger partial charge in [-0.3, -0.25) is 4.79 Å². The number of carbonyl (C=O) groups excluding carboxylic acids is 1. The monoisotopic (exact) mass is 283 g/mol. The molecule has 1 aromatic carbocycles. The predicted octanol–water partition coefficient (Wildman–Crippen LogP) is 1.58. The second-order valence-corrected chi connectivity index (χ2v) is 5.00. The summed E-state index contributed by atoms with van der Waals surface area (Å²) in [5.74, 6) is 0.0962. The first kappa shape index (κ1) is 11.6. The molecule has 4 heteroatoms. The summed E-state index contributed by atoms with van der Waals surface area (Å²) in [6.07, 6.45) is 0.778. The summed E-state index contributed by atoms with van der Waals surface area (Å²) >= 11 is 3.36. The Kier molecular flexibility index (Phi) is 3.61. The van der Waals surface area contributed by atoms with Gasteiger partial charge in [0.1, 0.15) is 0 Å².